The van der Waals surface area contributed by atoms with Gasteiger partial charge in [-0.2, -0.15) is 0 Å². The zero-order chi connectivity index (χ0) is 20.8. The predicted octanol–water partition coefficient (Wildman–Crippen LogP) is 3.23. The third-order valence-corrected chi connectivity index (χ3v) is 5.08. The molecular weight excluding hydrogens is 382 g/mol. The topological polar surface area (TPSA) is 91.2 Å². The van der Waals surface area contributed by atoms with Gasteiger partial charge in [-0.05, 0) is 78.6 Å². The molecule has 0 spiro atoms. The van der Waals surface area contributed by atoms with Crippen LogP contribution in [0.25, 0.3) is 0 Å². The third-order valence-electron chi connectivity index (χ3n) is 5.08. The molecule has 0 bridgehead atoms. The van der Waals surface area contributed by atoms with Crippen molar-refractivity contribution >= 4 is 11.6 Å². The van der Waals surface area contributed by atoms with Gasteiger partial charge in [0.2, 0.25) is 0 Å². The van der Waals surface area contributed by atoms with Gasteiger partial charge >= 0.3 is 0 Å². The number of carbonyl (C=O) groups is 1. The van der Waals surface area contributed by atoms with Crippen molar-refractivity contribution in [1.29, 1.82) is 0 Å². The van der Waals surface area contributed by atoms with Crippen LogP contribution in [0.15, 0.2) is 48.5 Å². The van der Waals surface area contributed by atoms with Gasteiger partial charge in [0.25, 0.3) is 5.91 Å². The molecule has 30 heavy (non-hydrogen) atoms. The van der Waals surface area contributed by atoms with E-state index >= 15 is 0 Å². The number of anilines is 1. The van der Waals surface area contributed by atoms with Gasteiger partial charge in [-0.1, -0.05) is 12.1 Å². The van der Waals surface area contributed by atoms with Crippen molar-refractivity contribution < 1.29 is 14.3 Å². The van der Waals surface area contributed by atoms with Crippen molar-refractivity contribution in [3.05, 3.63) is 65.5 Å². The second-order valence-corrected chi connectivity index (χ2v) is 7.36. The molecule has 1 unspecified atom stereocenters. The summed E-state index contributed by atoms with van der Waals surface area (Å²) in [6, 6.07) is 14.8. The van der Waals surface area contributed by atoms with E-state index in [0.29, 0.717) is 18.7 Å². The SMILES string of the molecule is Cc1nnnn1Cc1ccc(C(=O)Nc2ccc(OCC3CCCCO3)cc2)cc1. The second-order valence-electron chi connectivity index (χ2n) is 7.36. The molecule has 1 saturated heterocycles. The van der Waals surface area contributed by atoms with Crippen LogP contribution in [0.4, 0.5) is 5.69 Å². The van der Waals surface area contributed by atoms with E-state index in [1.54, 1.807) is 16.8 Å². The Labute approximate surface area is 175 Å². The Hall–Kier alpha value is -3.26. The largest absolute Gasteiger partial charge is 0.491 e. The summed E-state index contributed by atoms with van der Waals surface area (Å²) in [7, 11) is 0. The lowest BCUT2D eigenvalue weighted by atomic mass is 10.1. The van der Waals surface area contributed by atoms with Gasteiger partial charge in [0.15, 0.2) is 0 Å². The Morgan fingerprint density at radius 2 is 1.97 bits per heavy atom. The van der Waals surface area contributed by atoms with Crippen LogP contribution < -0.4 is 10.1 Å². The molecule has 8 nitrogen and oxygen atoms in total. The number of nitrogens with zero attached hydrogens (tertiary/aromatic N) is 4. The molecule has 0 radical (unpaired) electrons. The number of rotatable bonds is 7. The molecule has 2 aromatic carbocycles. The number of nitrogens with one attached hydrogen (secondary N) is 1. The van der Waals surface area contributed by atoms with Crippen molar-refractivity contribution in [3.8, 4) is 5.75 Å². The summed E-state index contributed by atoms with van der Waals surface area (Å²) >= 11 is 0. The van der Waals surface area contributed by atoms with Crippen LogP contribution in [-0.4, -0.2) is 45.4 Å². The van der Waals surface area contributed by atoms with Crippen LogP contribution in [0.3, 0.4) is 0 Å². The summed E-state index contributed by atoms with van der Waals surface area (Å²) in [6.07, 6.45) is 3.54. The number of benzene rings is 2. The molecule has 1 atom stereocenters. The van der Waals surface area contributed by atoms with Gasteiger partial charge in [-0.15, -0.1) is 5.10 Å². The number of hydrogen-bond donors (Lipinski definition) is 1. The Morgan fingerprint density at radius 3 is 2.63 bits per heavy atom. The van der Waals surface area contributed by atoms with E-state index in [1.165, 1.54) is 6.42 Å². The van der Waals surface area contributed by atoms with Crippen molar-refractivity contribution in [1.82, 2.24) is 20.2 Å². The number of ether oxygens (including phenoxy) is 2. The highest BCUT2D eigenvalue weighted by molar-refractivity contribution is 6.04. The average Bonchev–Trinajstić information content (AvgIpc) is 3.19. The molecule has 156 valence electrons. The van der Waals surface area contributed by atoms with Crippen LogP contribution in [0.2, 0.25) is 0 Å². The number of tetrazole rings is 1. The Kier molecular flexibility index (Phi) is 6.34. The van der Waals surface area contributed by atoms with Gasteiger partial charge in [0.1, 0.15) is 18.2 Å². The maximum atomic E-state index is 12.5. The highest BCUT2D eigenvalue weighted by Crippen LogP contribution is 2.19. The summed E-state index contributed by atoms with van der Waals surface area (Å²) in [6.45, 7) is 3.79. The molecular formula is C22H25N5O3. The standard InChI is InChI=1S/C22H25N5O3/c1-16-24-25-26-27(16)14-17-5-7-18(8-6-17)22(28)23-19-9-11-20(12-10-19)30-15-21-4-2-3-13-29-21/h5-12,21H,2-4,13-15H2,1H3,(H,23,28). The van der Waals surface area contributed by atoms with E-state index in [2.05, 4.69) is 20.8 Å². The minimum atomic E-state index is -0.163. The number of amides is 1. The quantitative estimate of drug-likeness (QED) is 0.647. The van der Waals surface area contributed by atoms with Crippen molar-refractivity contribution in [2.75, 3.05) is 18.5 Å². The number of aromatic nitrogens is 4. The first-order valence-corrected chi connectivity index (χ1v) is 10.1. The fourth-order valence-corrected chi connectivity index (χ4v) is 3.30. The zero-order valence-electron chi connectivity index (χ0n) is 17.0. The van der Waals surface area contributed by atoms with Crippen LogP contribution >= 0.6 is 0 Å². The van der Waals surface area contributed by atoms with Gasteiger partial charge in [0.05, 0.1) is 12.6 Å². The van der Waals surface area contributed by atoms with E-state index in [1.807, 2.05) is 43.3 Å². The van der Waals surface area contributed by atoms with Crippen LogP contribution in [0.5, 0.6) is 5.75 Å². The molecule has 3 aromatic rings. The van der Waals surface area contributed by atoms with E-state index < -0.39 is 0 Å². The normalized spacial score (nSPS) is 16.2. The zero-order valence-corrected chi connectivity index (χ0v) is 17.0. The molecule has 1 aliphatic heterocycles. The summed E-state index contributed by atoms with van der Waals surface area (Å²) in [5.74, 6) is 1.35. The number of carbonyl (C=O) groups excluding carboxylic acids is 1. The molecule has 0 saturated carbocycles. The van der Waals surface area contributed by atoms with Crippen molar-refractivity contribution in [2.45, 2.75) is 38.8 Å². The molecule has 8 heteroatoms. The van der Waals surface area contributed by atoms with Gasteiger partial charge in [-0.25, -0.2) is 4.68 Å². The lowest BCUT2D eigenvalue weighted by Gasteiger charge is -2.22. The second kappa shape index (κ2) is 9.49. The van der Waals surface area contributed by atoms with Crippen LogP contribution in [-0.2, 0) is 11.3 Å². The summed E-state index contributed by atoms with van der Waals surface area (Å²) in [5, 5.41) is 14.3. The maximum Gasteiger partial charge on any atom is 0.255 e. The first kappa shape index (κ1) is 20.0. The fraction of sp³-hybridized carbons (Fsp3) is 0.364. The summed E-state index contributed by atoms with van der Waals surface area (Å²) in [4.78, 5) is 12.5. The van der Waals surface area contributed by atoms with Crippen molar-refractivity contribution in [2.24, 2.45) is 0 Å². The fourth-order valence-electron chi connectivity index (χ4n) is 3.30. The molecule has 0 aliphatic carbocycles. The number of hydrogen-bond acceptors (Lipinski definition) is 6. The van der Waals surface area contributed by atoms with Gasteiger partial charge < -0.3 is 14.8 Å². The van der Waals surface area contributed by atoms with Gasteiger partial charge in [-0.3, -0.25) is 4.79 Å². The Morgan fingerprint density at radius 1 is 1.17 bits per heavy atom. The van der Waals surface area contributed by atoms with Crippen molar-refractivity contribution in [3.63, 3.8) is 0 Å². The molecule has 1 fully saturated rings. The van der Waals surface area contributed by atoms with E-state index in [-0.39, 0.29) is 12.0 Å². The van der Waals surface area contributed by atoms with E-state index in [4.69, 9.17) is 9.47 Å². The van der Waals surface area contributed by atoms with Gasteiger partial charge in [0, 0.05) is 17.9 Å². The highest BCUT2D eigenvalue weighted by Gasteiger charge is 2.14. The first-order valence-electron chi connectivity index (χ1n) is 10.1. The Bertz CT molecular complexity index is 963. The lowest BCUT2D eigenvalue weighted by molar-refractivity contribution is -0.0110. The van der Waals surface area contributed by atoms with E-state index in [0.717, 1.165) is 42.3 Å². The lowest BCUT2D eigenvalue weighted by Crippen LogP contribution is -2.25. The molecule has 1 aromatic heterocycles. The molecule has 1 amide bonds. The summed E-state index contributed by atoms with van der Waals surface area (Å²) in [5.41, 5.74) is 2.32. The number of aryl methyl sites for hydroxylation is 1. The minimum Gasteiger partial charge on any atom is -0.491 e. The highest BCUT2D eigenvalue weighted by atomic mass is 16.5. The third kappa shape index (κ3) is 5.21. The molecule has 4 rings (SSSR count). The summed E-state index contributed by atoms with van der Waals surface area (Å²) < 4.78 is 13.2. The average molecular weight is 407 g/mol. The monoisotopic (exact) mass is 407 g/mol. The predicted molar refractivity (Wildman–Crippen MR) is 112 cm³/mol. The Balaban J connectivity index is 1.29. The van der Waals surface area contributed by atoms with Crippen LogP contribution in [0, 0.1) is 6.92 Å². The first-order chi connectivity index (χ1) is 14.7. The maximum absolute atomic E-state index is 12.5. The molecule has 1 aliphatic rings. The van der Waals surface area contributed by atoms with Crippen LogP contribution in [0.1, 0.15) is 41.0 Å². The smallest absolute Gasteiger partial charge is 0.255 e. The minimum absolute atomic E-state index is 0.163. The van der Waals surface area contributed by atoms with E-state index in [9.17, 15) is 4.79 Å². The molecule has 2 heterocycles. The molecule has 1 N–H and O–H groups in total.